The van der Waals surface area contributed by atoms with Crippen molar-refractivity contribution in [3.63, 3.8) is 0 Å². The van der Waals surface area contributed by atoms with Crippen LogP contribution in [0.15, 0.2) is 36.4 Å². The predicted octanol–water partition coefficient (Wildman–Crippen LogP) is 5.04. The van der Waals surface area contributed by atoms with E-state index in [0.29, 0.717) is 5.56 Å². The molecule has 0 radical (unpaired) electrons. The molecule has 0 aliphatic heterocycles. The van der Waals surface area contributed by atoms with E-state index in [0.717, 1.165) is 18.2 Å². The standard InChI is InChI=1S/C19H18ClF5N2O3/c1-27(9-11-3-6-15(30-18(21)22)16(7-11)29-2)10-17(28)26-14-8-12(19(23,24)25)4-5-13(14)20/h3-8,18H,9-10H2,1-2H3,(H,26,28). The van der Waals surface area contributed by atoms with Crippen molar-refractivity contribution in [2.75, 3.05) is 26.0 Å². The second kappa shape index (κ2) is 9.94. The number of hydrogen-bond donors (Lipinski definition) is 1. The molecule has 0 fully saturated rings. The Morgan fingerprint density at radius 2 is 1.87 bits per heavy atom. The van der Waals surface area contributed by atoms with Gasteiger partial charge in [0.15, 0.2) is 11.5 Å². The molecule has 2 rings (SSSR count). The lowest BCUT2D eigenvalue weighted by atomic mass is 10.2. The summed E-state index contributed by atoms with van der Waals surface area (Å²) in [5.41, 5.74) is -0.449. The van der Waals surface area contributed by atoms with Gasteiger partial charge in [0.05, 0.1) is 29.9 Å². The molecule has 30 heavy (non-hydrogen) atoms. The van der Waals surface area contributed by atoms with Gasteiger partial charge in [0.1, 0.15) is 0 Å². The number of halogens is 6. The number of ether oxygens (including phenoxy) is 2. The number of methoxy groups -OCH3 is 1. The van der Waals surface area contributed by atoms with Crippen LogP contribution >= 0.6 is 11.6 Å². The number of nitrogens with zero attached hydrogens (tertiary/aromatic N) is 1. The lowest BCUT2D eigenvalue weighted by molar-refractivity contribution is -0.137. The Morgan fingerprint density at radius 1 is 1.17 bits per heavy atom. The maximum absolute atomic E-state index is 12.8. The SMILES string of the molecule is COc1cc(CN(C)CC(=O)Nc2cc(C(F)(F)F)ccc2Cl)ccc1OC(F)F. The van der Waals surface area contributed by atoms with Gasteiger partial charge in [-0.05, 0) is 42.9 Å². The van der Waals surface area contributed by atoms with E-state index in [2.05, 4.69) is 10.1 Å². The van der Waals surface area contributed by atoms with Crippen LogP contribution in [0.3, 0.4) is 0 Å². The summed E-state index contributed by atoms with van der Waals surface area (Å²) >= 11 is 5.87. The molecule has 0 unspecified atom stereocenters. The van der Waals surface area contributed by atoms with Crippen LogP contribution in [0.2, 0.25) is 5.02 Å². The topological polar surface area (TPSA) is 50.8 Å². The molecule has 11 heteroatoms. The molecule has 0 aliphatic rings. The zero-order chi connectivity index (χ0) is 22.5. The van der Waals surface area contributed by atoms with Crippen molar-refractivity contribution in [2.45, 2.75) is 19.3 Å². The highest BCUT2D eigenvalue weighted by molar-refractivity contribution is 6.33. The first kappa shape index (κ1) is 23.7. The molecule has 0 heterocycles. The molecular weight excluding hydrogens is 435 g/mol. The van der Waals surface area contributed by atoms with Crippen molar-refractivity contribution in [2.24, 2.45) is 0 Å². The summed E-state index contributed by atoms with van der Waals surface area (Å²) in [5.74, 6) is -0.611. The van der Waals surface area contributed by atoms with Crippen LogP contribution in [-0.4, -0.2) is 38.1 Å². The summed E-state index contributed by atoms with van der Waals surface area (Å²) in [5, 5.41) is 2.32. The minimum absolute atomic E-state index is 0.0293. The first-order chi connectivity index (χ1) is 14.0. The average molecular weight is 453 g/mol. The summed E-state index contributed by atoms with van der Waals surface area (Å²) in [7, 11) is 2.90. The van der Waals surface area contributed by atoms with Crippen molar-refractivity contribution in [3.8, 4) is 11.5 Å². The number of alkyl halides is 5. The van der Waals surface area contributed by atoms with Crippen LogP contribution in [0, 0.1) is 0 Å². The summed E-state index contributed by atoms with van der Waals surface area (Å²) in [4.78, 5) is 13.8. The van der Waals surface area contributed by atoms with E-state index < -0.39 is 24.3 Å². The third-order valence-corrected chi connectivity index (χ3v) is 4.21. The molecule has 0 aromatic heterocycles. The normalized spacial score (nSPS) is 11.7. The summed E-state index contributed by atoms with van der Waals surface area (Å²) in [6, 6.07) is 6.95. The Hall–Kier alpha value is -2.59. The monoisotopic (exact) mass is 452 g/mol. The molecule has 5 nitrogen and oxygen atoms in total. The number of likely N-dealkylation sites (N-methyl/N-ethyl adjacent to an activating group) is 1. The van der Waals surface area contributed by atoms with Gasteiger partial charge in [-0.2, -0.15) is 22.0 Å². The zero-order valence-corrected chi connectivity index (χ0v) is 16.7. The van der Waals surface area contributed by atoms with Crippen LogP contribution < -0.4 is 14.8 Å². The Bertz CT molecular complexity index is 893. The van der Waals surface area contributed by atoms with E-state index in [9.17, 15) is 26.7 Å². The van der Waals surface area contributed by atoms with Gasteiger partial charge in [-0.1, -0.05) is 17.7 Å². The Labute approximate surface area is 174 Å². The zero-order valence-electron chi connectivity index (χ0n) is 15.9. The maximum Gasteiger partial charge on any atom is 0.416 e. The minimum atomic E-state index is -4.57. The van der Waals surface area contributed by atoms with Crippen LogP contribution in [0.5, 0.6) is 11.5 Å². The Balaban J connectivity index is 2.01. The van der Waals surface area contributed by atoms with Crippen molar-refractivity contribution < 1.29 is 36.2 Å². The van der Waals surface area contributed by atoms with E-state index in [1.54, 1.807) is 11.9 Å². The predicted molar refractivity (Wildman–Crippen MR) is 101 cm³/mol. The fourth-order valence-corrected chi connectivity index (χ4v) is 2.77. The maximum atomic E-state index is 12.8. The number of carbonyl (C=O) groups excluding carboxylic acids is 1. The van der Waals surface area contributed by atoms with Crippen LogP contribution in [0.1, 0.15) is 11.1 Å². The van der Waals surface area contributed by atoms with E-state index >= 15 is 0 Å². The molecule has 164 valence electrons. The molecule has 2 aromatic carbocycles. The number of amides is 1. The van der Waals surface area contributed by atoms with E-state index in [1.807, 2.05) is 0 Å². The third-order valence-electron chi connectivity index (χ3n) is 3.88. The van der Waals surface area contributed by atoms with E-state index in [1.165, 1.54) is 25.3 Å². The molecule has 0 aliphatic carbocycles. The number of nitrogens with one attached hydrogen (secondary N) is 1. The summed E-state index contributed by atoms with van der Waals surface area (Å²) in [6.07, 6.45) is -4.57. The van der Waals surface area contributed by atoms with E-state index in [-0.39, 0.29) is 35.3 Å². The number of benzene rings is 2. The quantitative estimate of drug-likeness (QED) is 0.570. The first-order valence-electron chi connectivity index (χ1n) is 8.46. The van der Waals surface area contributed by atoms with Crippen LogP contribution in [0.25, 0.3) is 0 Å². The summed E-state index contributed by atoms with van der Waals surface area (Å²) in [6.45, 7) is -2.93. The van der Waals surface area contributed by atoms with Gasteiger partial charge >= 0.3 is 12.8 Å². The second-order valence-corrected chi connectivity index (χ2v) is 6.68. The molecule has 0 saturated heterocycles. The Kier molecular flexibility index (Phi) is 7.85. The number of carbonyl (C=O) groups is 1. The van der Waals surface area contributed by atoms with Crippen molar-refractivity contribution in [1.29, 1.82) is 0 Å². The highest BCUT2D eigenvalue weighted by Crippen LogP contribution is 2.34. The molecule has 2 aromatic rings. The van der Waals surface area contributed by atoms with Crippen molar-refractivity contribution in [1.82, 2.24) is 4.90 Å². The number of rotatable bonds is 8. The lowest BCUT2D eigenvalue weighted by Gasteiger charge is -2.18. The molecule has 0 spiro atoms. The average Bonchev–Trinajstić information content (AvgIpc) is 2.63. The highest BCUT2D eigenvalue weighted by atomic mass is 35.5. The lowest BCUT2D eigenvalue weighted by Crippen LogP contribution is -2.30. The minimum Gasteiger partial charge on any atom is -0.493 e. The second-order valence-electron chi connectivity index (χ2n) is 6.28. The van der Waals surface area contributed by atoms with Gasteiger partial charge < -0.3 is 14.8 Å². The van der Waals surface area contributed by atoms with Gasteiger partial charge in [0, 0.05) is 6.54 Å². The third kappa shape index (κ3) is 6.74. The van der Waals surface area contributed by atoms with Crippen LogP contribution in [0.4, 0.5) is 27.6 Å². The van der Waals surface area contributed by atoms with Crippen LogP contribution in [-0.2, 0) is 17.5 Å². The molecule has 0 saturated carbocycles. The number of hydrogen-bond acceptors (Lipinski definition) is 4. The van der Waals surface area contributed by atoms with Crippen molar-refractivity contribution in [3.05, 3.63) is 52.5 Å². The Morgan fingerprint density at radius 3 is 2.47 bits per heavy atom. The van der Waals surface area contributed by atoms with Gasteiger partial charge in [0.2, 0.25) is 5.91 Å². The van der Waals surface area contributed by atoms with Crippen molar-refractivity contribution >= 4 is 23.2 Å². The van der Waals surface area contributed by atoms with Gasteiger partial charge in [-0.25, -0.2) is 0 Å². The first-order valence-corrected chi connectivity index (χ1v) is 8.84. The molecule has 0 bridgehead atoms. The number of anilines is 1. The molecule has 1 N–H and O–H groups in total. The fourth-order valence-electron chi connectivity index (χ4n) is 2.60. The summed E-state index contributed by atoms with van der Waals surface area (Å²) < 4.78 is 72.6. The van der Waals surface area contributed by atoms with Gasteiger partial charge in [0.25, 0.3) is 0 Å². The fraction of sp³-hybridized carbons (Fsp3) is 0.316. The largest absolute Gasteiger partial charge is 0.493 e. The van der Waals surface area contributed by atoms with E-state index in [4.69, 9.17) is 16.3 Å². The smallest absolute Gasteiger partial charge is 0.416 e. The molecule has 0 atom stereocenters. The molecular formula is C19H18ClF5N2O3. The highest BCUT2D eigenvalue weighted by Gasteiger charge is 2.31. The van der Waals surface area contributed by atoms with Gasteiger partial charge in [-0.15, -0.1) is 0 Å². The molecule has 1 amide bonds. The van der Waals surface area contributed by atoms with Gasteiger partial charge in [-0.3, -0.25) is 9.69 Å².